The van der Waals surface area contributed by atoms with Crippen molar-refractivity contribution in [2.75, 3.05) is 4.90 Å². The second-order valence-electron chi connectivity index (χ2n) is 5.16. The molecule has 0 aromatic heterocycles. The van der Waals surface area contributed by atoms with E-state index in [1.807, 2.05) is 24.3 Å². The van der Waals surface area contributed by atoms with Crippen molar-refractivity contribution in [3.05, 3.63) is 29.8 Å². The lowest BCUT2D eigenvalue weighted by Gasteiger charge is -2.26. The highest BCUT2D eigenvalue weighted by Crippen LogP contribution is 2.32. The molecule has 1 N–H and O–H groups in total. The monoisotopic (exact) mass is 235 g/mol. The second kappa shape index (κ2) is 4.04. The Morgan fingerprint density at radius 2 is 2.06 bits per heavy atom. The molecule has 1 aromatic rings. The lowest BCUT2D eigenvalue weighted by molar-refractivity contribution is 0.0490. The number of carbonyl (C=O) groups excluding carboxylic acids is 1. The Kier molecular flexibility index (Phi) is 2.83. The van der Waals surface area contributed by atoms with Crippen LogP contribution in [-0.2, 0) is 11.2 Å². The standard InChI is InChI=1S/C13H17NO3/c1-13(2,3)17-12(16)14-10-7-5-4-6-9(10)8-11(14)15/h4-7,11,15H,8H2,1-3H3. The van der Waals surface area contributed by atoms with Gasteiger partial charge in [0.1, 0.15) is 11.8 Å². The first-order chi connectivity index (χ1) is 7.88. The van der Waals surface area contributed by atoms with Crippen LogP contribution in [0.5, 0.6) is 0 Å². The zero-order valence-corrected chi connectivity index (χ0v) is 10.3. The molecule has 1 amide bonds. The fourth-order valence-electron chi connectivity index (χ4n) is 1.90. The van der Waals surface area contributed by atoms with Gasteiger partial charge in [0.2, 0.25) is 0 Å². The highest BCUT2D eigenvalue weighted by molar-refractivity contribution is 5.91. The first kappa shape index (κ1) is 11.9. The van der Waals surface area contributed by atoms with E-state index in [9.17, 15) is 9.90 Å². The Hall–Kier alpha value is -1.55. The number of fused-ring (bicyclic) bond motifs is 1. The molecule has 4 nitrogen and oxygen atoms in total. The van der Waals surface area contributed by atoms with Crippen LogP contribution in [0.4, 0.5) is 10.5 Å². The molecule has 0 saturated carbocycles. The number of anilines is 1. The molecule has 0 fully saturated rings. The molecule has 1 aliphatic heterocycles. The van der Waals surface area contributed by atoms with Gasteiger partial charge in [-0.15, -0.1) is 0 Å². The van der Waals surface area contributed by atoms with E-state index in [0.717, 1.165) is 11.3 Å². The second-order valence-corrected chi connectivity index (χ2v) is 5.16. The number of hydrogen-bond acceptors (Lipinski definition) is 3. The molecule has 0 aliphatic carbocycles. The third-order valence-corrected chi connectivity index (χ3v) is 2.54. The average molecular weight is 235 g/mol. The Labute approximate surface area is 101 Å². The summed E-state index contributed by atoms with van der Waals surface area (Å²) in [5, 5.41) is 9.90. The van der Waals surface area contributed by atoms with Crippen LogP contribution in [0.1, 0.15) is 26.3 Å². The number of nitrogens with zero attached hydrogens (tertiary/aromatic N) is 1. The van der Waals surface area contributed by atoms with Crippen LogP contribution < -0.4 is 4.90 Å². The first-order valence-corrected chi connectivity index (χ1v) is 5.67. The number of benzene rings is 1. The molecule has 1 atom stereocenters. The van der Waals surface area contributed by atoms with E-state index in [-0.39, 0.29) is 0 Å². The van der Waals surface area contributed by atoms with E-state index in [0.29, 0.717) is 6.42 Å². The van der Waals surface area contributed by atoms with Crippen molar-refractivity contribution in [2.24, 2.45) is 0 Å². The SMILES string of the molecule is CC(C)(C)OC(=O)N1c2ccccc2CC1O. The summed E-state index contributed by atoms with van der Waals surface area (Å²) in [5.74, 6) is 0. The van der Waals surface area contributed by atoms with Crippen molar-refractivity contribution in [3.8, 4) is 0 Å². The highest BCUT2D eigenvalue weighted by Gasteiger charge is 2.34. The third kappa shape index (κ3) is 2.42. The van der Waals surface area contributed by atoms with E-state index in [4.69, 9.17) is 4.74 Å². The topological polar surface area (TPSA) is 49.8 Å². The molecule has 17 heavy (non-hydrogen) atoms. The summed E-state index contributed by atoms with van der Waals surface area (Å²) in [6.07, 6.45) is -0.882. The van der Waals surface area contributed by atoms with Crippen molar-refractivity contribution >= 4 is 11.8 Å². The van der Waals surface area contributed by atoms with Crippen molar-refractivity contribution in [1.82, 2.24) is 0 Å². The first-order valence-electron chi connectivity index (χ1n) is 5.67. The zero-order valence-electron chi connectivity index (χ0n) is 10.3. The normalized spacial score (nSPS) is 19.1. The maximum atomic E-state index is 12.0. The van der Waals surface area contributed by atoms with Gasteiger partial charge in [-0.2, -0.15) is 0 Å². The predicted molar refractivity (Wildman–Crippen MR) is 64.9 cm³/mol. The van der Waals surface area contributed by atoms with Gasteiger partial charge in [0.05, 0.1) is 5.69 Å². The minimum atomic E-state index is -0.831. The molecule has 1 aromatic carbocycles. The number of rotatable bonds is 0. The van der Waals surface area contributed by atoms with E-state index < -0.39 is 17.9 Å². The molecule has 0 spiro atoms. The van der Waals surface area contributed by atoms with Gasteiger partial charge in [0.25, 0.3) is 0 Å². The van der Waals surface area contributed by atoms with Gasteiger partial charge in [-0.05, 0) is 32.4 Å². The molecular weight excluding hydrogens is 218 g/mol. The minimum Gasteiger partial charge on any atom is -0.443 e. The van der Waals surface area contributed by atoms with E-state index in [1.165, 1.54) is 4.90 Å². The smallest absolute Gasteiger partial charge is 0.416 e. The fourth-order valence-corrected chi connectivity index (χ4v) is 1.90. The lowest BCUT2D eigenvalue weighted by Crippen LogP contribution is -2.41. The number of aliphatic hydroxyl groups is 1. The van der Waals surface area contributed by atoms with Gasteiger partial charge in [-0.25, -0.2) is 4.79 Å². The maximum absolute atomic E-state index is 12.0. The van der Waals surface area contributed by atoms with Gasteiger partial charge in [0, 0.05) is 6.42 Å². The number of aliphatic hydroxyl groups excluding tert-OH is 1. The largest absolute Gasteiger partial charge is 0.443 e. The fraction of sp³-hybridized carbons (Fsp3) is 0.462. The molecular formula is C13H17NO3. The molecule has 1 aliphatic rings. The third-order valence-electron chi connectivity index (χ3n) is 2.54. The maximum Gasteiger partial charge on any atom is 0.416 e. The average Bonchev–Trinajstić information content (AvgIpc) is 2.50. The lowest BCUT2D eigenvalue weighted by atomic mass is 10.2. The quantitative estimate of drug-likeness (QED) is 0.750. The van der Waals surface area contributed by atoms with Crippen LogP contribution in [0, 0.1) is 0 Å². The molecule has 1 heterocycles. The van der Waals surface area contributed by atoms with E-state index in [2.05, 4.69) is 0 Å². The molecule has 0 saturated heterocycles. The molecule has 4 heteroatoms. The summed E-state index contributed by atoms with van der Waals surface area (Å²) in [5.41, 5.74) is 1.13. The number of para-hydroxylation sites is 1. The Balaban J connectivity index is 2.25. The van der Waals surface area contributed by atoms with Gasteiger partial charge < -0.3 is 9.84 Å². The summed E-state index contributed by atoms with van der Waals surface area (Å²) in [4.78, 5) is 13.3. The van der Waals surface area contributed by atoms with E-state index >= 15 is 0 Å². The Bertz CT molecular complexity index is 437. The summed E-state index contributed by atoms with van der Waals surface area (Å²) >= 11 is 0. The van der Waals surface area contributed by atoms with Crippen LogP contribution in [0.2, 0.25) is 0 Å². The molecule has 1 unspecified atom stereocenters. The number of ether oxygens (including phenoxy) is 1. The van der Waals surface area contributed by atoms with Crippen molar-refractivity contribution in [3.63, 3.8) is 0 Å². The molecule has 2 rings (SSSR count). The van der Waals surface area contributed by atoms with Crippen LogP contribution in [0.25, 0.3) is 0 Å². The number of hydrogen-bond donors (Lipinski definition) is 1. The van der Waals surface area contributed by atoms with Gasteiger partial charge in [-0.3, -0.25) is 4.90 Å². The van der Waals surface area contributed by atoms with Gasteiger partial charge >= 0.3 is 6.09 Å². The van der Waals surface area contributed by atoms with Crippen molar-refractivity contribution in [2.45, 2.75) is 39.0 Å². The molecule has 0 bridgehead atoms. The number of amides is 1. The van der Waals surface area contributed by atoms with Crippen molar-refractivity contribution in [1.29, 1.82) is 0 Å². The van der Waals surface area contributed by atoms with Crippen LogP contribution >= 0.6 is 0 Å². The summed E-state index contributed by atoms with van der Waals surface area (Å²) in [6.45, 7) is 5.41. The van der Waals surface area contributed by atoms with Gasteiger partial charge in [0.15, 0.2) is 0 Å². The van der Waals surface area contributed by atoms with Crippen LogP contribution in [-0.4, -0.2) is 23.0 Å². The van der Waals surface area contributed by atoms with Gasteiger partial charge in [-0.1, -0.05) is 18.2 Å². The van der Waals surface area contributed by atoms with Crippen LogP contribution in [0.3, 0.4) is 0 Å². The Morgan fingerprint density at radius 3 is 2.71 bits per heavy atom. The van der Waals surface area contributed by atoms with Crippen LogP contribution in [0.15, 0.2) is 24.3 Å². The van der Waals surface area contributed by atoms with Crippen molar-refractivity contribution < 1.29 is 14.6 Å². The summed E-state index contributed by atoms with van der Waals surface area (Å²) in [6, 6.07) is 7.46. The highest BCUT2D eigenvalue weighted by atomic mass is 16.6. The summed E-state index contributed by atoms with van der Waals surface area (Å²) in [7, 11) is 0. The Morgan fingerprint density at radius 1 is 1.41 bits per heavy atom. The number of carbonyl (C=O) groups is 1. The summed E-state index contributed by atoms with van der Waals surface area (Å²) < 4.78 is 5.28. The predicted octanol–water partition coefficient (Wildman–Crippen LogP) is 2.30. The molecule has 92 valence electrons. The zero-order chi connectivity index (χ0) is 12.6. The minimum absolute atomic E-state index is 0.454. The molecule has 0 radical (unpaired) electrons. The van der Waals surface area contributed by atoms with E-state index in [1.54, 1.807) is 20.8 Å².